The van der Waals surface area contributed by atoms with Crippen molar-refractivity contribution in [1.29, 1.82) is 0 Å². The van der Waals surface area contributed by atoms with E-state index in [2.05, 4.69) is 15.7 Å². The molecule has 11 nitrogen and oxygen atoms in total. The van der Waals surface area contributed by atoms with E-state index < -0.39 is 18.4 Å². The van der Waals surface area contributed by atoms with Crippen LogP contribution in [0.1, 0.15) is 24.2 Å². The van der Waals surface area contributed by atoms with E-state index in [4.69, 9.17) is 18.9 Å². The molecule has 1 aromatic heterocycles. The maximum Gasteiger partial charge on any atom is 0.410 e. The number of carbonyl (C=O) groups excluding carboxylic acids is 3. The summed E-state index contributed by atoms with van der Waals surface area (Å²) in [6, 6.07) is 13.9. The molecular formula is C25H28N4O7. The number of hydrogen-bond donors (Lipinski definition) is 2. The quantitative estimate of drug-likeness (QED) is 0.248. The molecule has 0 fully saturated rings. The third-order valence-electron chi connectivity index (χ3n) is 4.92. The zero-order chi connectivity index (χ0) is 26.1. The Bertz CT molecular complexity index is 1220. The van der Waals surface area contributed by atoms with Gasteiger partial charge in [0.25, 0.3) is 5.91 Å². The largest absolute Gasteiger partial charge is 0.497 e. The highest BCUT2D eigenvalue weighted by Gasteiger charge is 2.18. The second kappa shape index (κ2) is 12.2. The lowest BCUT2D eigenvalue weighted by atomic mass is 10.1. The van der Waals surface area contributed by atoms with Crippen molar-refractivity contribution in [2.75, 3.05) is 25.6 Å². The van der Waals surface area contributed by atoms with Gasteiger partial charge in [0.05, 0.1) is 30.6 Å². The van der Waals surface area contributed by atoms with Gasteiger partial charge in [0, 0.05) is 32.7 Å². The molecule has 190 valence electrons. The van der Waals surface area contributed by atoms with Gasteiger partial charge in [-0.25, -0.2) is 4.79 Å². The summed E-state index contributed by atoms with van der Waals surface area (Å²) in [5.74, 6) is 0.172. The number of methoxy groups -OCH3 is 1. The first kappa shape index (κ1) is 26.1. The normalized spacial score (nSPS) is 11.2. The number of hydrogen-bond acceptors (Lipinski definition) is 8. The lowest BCUT2D eigenvalue weighted by Crippen LogP contribution is -2.32. The number of benzene rings is 2. The fourth-order valence-electron chi connectivity index (χ4n) is 3.36. The minimum absolute atomic E-state index is 0.106. The lowest BCUT2D eigenvalue weighted by Gasteiger charge is -2.17. The van der Waals surface area contributed by atoms with E-state index in [-0.39, 0.29) is 19.1 Å². The summed E-state index contributed by atoms with van der Waals surface area (Å²) in [6.07, 6.45) is -0.120. The highest BCUT2D eigenvalue weighted by Crippen LogP contribution is 2.37. The van der Waals surface area contributed by atoms with Crippen molar-refractivity contribution >= 4 is 23.7 Å². The highest BCUT2D eigenvalue weighted by atomic mass is 16.7. The molecule has 0 aliphatic heterocycles. The van der Waals surface area contributed by atoms with E-state index in [1.807, 2.05) is 0 Å². The number of amides is 2. The fraction of sp³-hybridized carbons (Fsp3) is 0.280. The van der Waals surface area contributed by atoms with E-state index >= 15 is 0 Å². The Kier molecular flexibility index (Phi) is 8.87. The molecule has 3 aromatic rings. The zero-order valence-electron chi connectivity index (χ0n) is 20.4. The van der Waals surface area contributed by atoms with E-state index in [0.717, 1.165) is 0 Å². The number of carbonyl (C=O) groups is 3. The number of aryl methyl sites for hydroxylation is 1. The fourth-order valence-corrected chi connectivity index (χ4v) is 3.36. The first-order chi connectivity index (χ1) is 17.3. The van der Waals surface area contributed by atoms with Crippen molar-refractivity contribution in [2.24, 2.45) is 7.05 Å². The third kappa shape index (κ3) is 6.98. The van der Waals surface area contributed by atoms with Gasteiger partial charge in [0.15, 0.2) is 0 Å². The van der Waals surface area contributed by atoms with Crippen LogP contribution in [-0.2, 0) is 21.3 Å². The number of aromatic nitrogens is 2. The van der Waals surface area contributed by atoms with Crippen molar-refractivity contribution < 1.29 is 33.3 Å². The Morgan fingerprint density at radius 2 is 1.86 bits per heavy atom. The predicted molar refractivity (Wildman–Crippen MR) is 131 cm³/mol. The summed E-state index contributed by atoms with van der Waals surface area (Å²) in [4.78, 5) is 35.7. The summed E-state index contributed by atoms with van der Waals surface area (Å²) in [7, 11) is 3.31. The first-order valence-corrected chi connectivity index (χ1v) is 11.1. The van der Waals surface area contributed by atoms with Crippen LogP contribution in [0.3, 0.4) is 0 Å². The van der Waals surface area contributed by atoms with Crippen molar-refractivity contribution in [3.63, 3.8) is 0 Å². The summed E-state index contributed by atoms with van der Waals surface area (Å²) in [6.45, 7) is 2.88. The van der Waals surface area contributed by atoms with Gasteiger partial charge in [0.2, 0.25) is 6.29 Å². The molecule has 2 N–H and O–H groups in total. The van der Waals surface area contributed by atoms with Crippen LogP contribution in [0.2, 0.25) is 0 Å². The van der Waals surface area contributed by atoms with E-state index in [1.54, 1.807) is 66.5 Å². The Balaban J connectivity index is 1.73. The van der Waals surface area contributed by atoms with Gasteiger partial charge in [-0.1, -0.05) is 12.1 Å². The van der Waals surface area contributed by atoms with Crippen LogP contribution in [0.25, 0.3) is 11.3 Å². The van der Waals surface area contributed by atoms with Crippen LogP contribution in [0.4, 0.5) is 10.5 Å². The molecule has 0 aliphatic rings. The predicted octanol–water partition coefficient (Wildman–Crippen LogP) is 3.36. The van der Waals surface area contributed by atoms with Gasteiger partial charge in [-0.05, 0) is 36.4 Å². The third-order valence-corrected chi connectivity index (χ3v) is 4.92. The van der Waals surface area contributed by atoms with E-state index in [9.17, 15) is 14.4 Å². The molecule has 2 amide bonds. The topological polar surface area (TPSA) is 130 Å². The molecule has 0 aliphatic carbocycles. The van der Waals surface area contributed by atoms with Gasteiger partial charge in [0.1, 0.15) is 18.1 Å². The summed E-state index contributed by atoms with van der Waals surface area (Å²) < 4.78 is 22.5. The summed E-state index contributed by atoms with van der Waals surface area (Å²) >= 11 is 0. The molecule has 1 atom stereocenters. The molecule has 0 saturated heterocycles. The molecule has 2 aromatic carbocycles. The SMILES string of the molecule is COc1cccc(C(=O)Nc2cccc(OCCNC(=O)OC(C)OC(C)=O)c2-c2ccnn2C)c1. The molecule has 0 radical (unpaired) electrons. The van der Waals surface area contributed by atoms with Crippen LogP contribution in [0.15, 0.2) is 54.7 Å². The van der Waals surface area contributed by atoms with Gasteiger partial charge < -0.3 is 29.6 Å². The number of rotatable bonds is 10. The van der Waals surface area contributed by atoms with Crippen LogP contribution in [0.5, 0.6) is 11.5 Å². The minimum Gasteiger partial charge on any atom is -0.497 e. The van der Waals surface area contributed by atoms with Gasteiger partial charge in [-0.15, -0.1) is 0 Å². The molecule has 3 rings (SSSR count). The Morgan fingerprint density at radius 1 is 1.08 bits per heavy atom. The maximum atomic E-state index is 13.0. The number of ether oxygens (including phenoxy) is 4. The number of anilines is 1. The monoisotopic (exact) mass is 496 g/mol. The van der Waals surface area contributed by atoms with Crippen molar-refractivity contribution in [3.8, 4) is 22.8 Å². The smallest absolute Gasteiger partial charge is 0.410 e. The Labute approximate surface area is 208 Å². The van der Waals surface area contributed by atoms with Gasteiger partial charge in [-0.3, -0.25) is 14.3 Å². The Morgan fingerprint density at radius 3 is 2.56 bits per heavy atom. The minimum atomic E-state index is -1.01. The molecule has 11 heteroatoms. The van der Waals surface area contributed by atoms with Crippen molar-refractivity contribution in [3.05, 3.63) is 60.3 Å². The van der Waals surface area contributed by atoms with E-state index in [0.29, 0.717) is 34.0 Å². The molecule has 1 heterocycles. The molecule has 1 unspecified atom stereocenters. The number of nitrogens with zero attached hydrogens (tertiary/aromatic N) is 2. The Hall–Kier alpha value is -4.54. The molecule has 0 bridgehead atoms. The van der Waals surface area contributed by atoms with E-state index in [1.165, 1.54) is 21.0 Å². The van der Waals surface area contributed by atoms with Crippen LogP contribution < -0.4 is 20.1 Å². The zero-order valence-corrected chi connectivity index (χ0v) is 20.4. The molecule has 36 heavy (non-hydrogen) atoms. The second-order valence-corrected chi connectivity index (χ2v) is 7.56. The lowest BCUT2D eigenvalue weighted by molar-refractivity contribution is -0.162. The second-order valence-electron chi connectivity index (χ2n) is 7.56. The number of nitrogens with one attached hydrogen (secondary N) is 2. The van der Waals surface area contributed by atoms with Gasteiger partial charge >= 0.3 is 12.1 Å². The summed E-state index contributed by atoms with van der Waals surface area (Å²) in [5, 5.41) is 9.68. The average Bonchev–Trinajstić information content (AvgIpc) is 3.26. The standard InChI is InChI=1S/C25H28N4O7/c1-16(30)35-17(2)36-25(32)26-13-14-34-22-10-6-9-20(23(22)21-11-12-27-29(21)3)28-24(31)18-7-5-8-19(15-18)33-4/h5-12,15,17H,13-14H2,1-4H3,(H,26,32)(H,28,31). The average molecular weight is 497 g/mol. The van der Waals surface area contributed by atoms with Crippen molar-refractivity contribution in [1.82, 2.24) is 15.1 Å². The number of alkyl carbamates (subject to hydrolysis) is 1. The number of esters is 1. The van der Waals surface area contributed by atoms with Crippen LogP contribution in [0, 0.1) is 0 Å². The molecule has 0 saturated carbocycles. The van der Waals surface area contributed by atoms with Crippen molar-refractivity contribution in [2.45, 2.75) is 20.1 Å². The molecule has 0 spiro atoms. The van der Waals surface area contributed by atoms with Crippen LogP contribution in [-0.4, -0.2) is 54.3 Å². The maximum absolute atomic E-state index is 13.0. The van der Waals surface area contributed by atoms with Gasteiger partial charge in [-0.2, -0.15) is 5.10 Å². The van der Waals surface area contributed by atoms with Crippen LogP contribution >= 0.6 is 0 Å². The highest BCUT2D eigenvalue weighted by molar-refractivity contribution is 6.06. The summed E-state index contributed by atoms with van der Waals surface area (Å²) in [5.41, 5.74) is 2.29. The first-order valence-electron chi connectivity index (χ1n) is 11.1. The molecular weight excluding hydrogens is 468 g/mol.